The van der Waals surface area contributed by atoms with Gasteiger partial charge in [0, 0.05) is 18.9 Å². The van der Waals surface area contributed by atoms with Crippen molar-refractivity contribution in [2.45, 2.75) is 44.2 Å². The van der Waals surface area contributed by atoms with Crippen LogP contribution in [0.5, 0.6) is 0 Å². The first-order valence-electron chi connectivity index (χ1n) is 6.30. The molecule has 5 N–H and O–H groups in total. The van der Waals surface area contributed by atoms with E-state index in [2.05, 4.69) is 4.98 Å². The maximum absolute atomic E-state index is 11.1. The van der Waals surface area contributed by atoms with Gasteiger partial charge in [0.05, 0.1) is 0 Å². The van der Waals surface area contributed by atoms with Gasteiger partial charge in [-0.15, -0.1) is 0 Å². The molecule has 0 spiro atoms. The van der Waals surface area contributed by atoms with Crippen LogP contribution in [-0.4, -0.2) is 39.3 Å². The second-order valence-corrected chi connectivity index (χ2v) is 8.85. The van der Waals surface area contributed by atoms with Gasteiger partial charge >= 0.3 is 15.2 Å². The second-order valence-electron chi connectivity index (χ2n) is 4.84. The Balaban J connectivity index is 2.51. The van der Waals surface area contributed by atoms with Crippen molar-refractivity contribution >= 4 is 15.2 Å². The van der Waals surface area contributed by atoms with Crippen molar-refractivity contribution in [1.82, 2.24) is 9.55 Å². The van der Waals surface area contributed by atoms with Crippen LogP contribution in [0.15, 0.2) is 12.4 Å². The minimum atomic E-state index is -5.34. The van der Waals surface area contributed by atoms with Crippen LogP contribution < -0.4 is 0 Å². The minimum absolute atomic E-state index is 0.0838. The van der Waals surface area contributed by atoms with E-state index in [1.54, 1.807) is 12.4 Å². The van der Waals surface area contributed by atoms with Gasteiger partial charge in [0.1, 0.15) is 5.82 Å². The Morgan fingerprint density at radius 1 is 1.14 bits per heavy atom. The molecule has 0 bridgehead atoms. The molecule has 0 aliphatic heterocycles. The number of imidazole rings is 1. The summed E-state index contributed by atoms with van der Waals surface area (Å²) in [7, 11) is -10.7. The van der Waals surface area contributed by atoms with Crippen molar-refractivity contribution in [3.63, 3.8) is 0 Å². The van der Waals surface area contributed by atoms with E-state index < -0.39 is 26.7 Å². The third-order valence-corrected chi connectivity index (χ3v) is 7.14. The summed E-state index contributed by atoms with van der Waals surface area (Å²) >= 11 is 0. The van der Waals surface area contributed by atoms with Crippen molar-refractivity contribution in [3.8, 4) is 0 Å². The molecule has 0 aliphatic rings. The summed E-state index contributed by atoms with van der Waals surface area (Å²) in [6.45, 7) is 2.47. The van der Waals surface area contributed by atoms with E-state index in [4.69, 9.17) is 19.6 Å². The second kappa shape index (κ2) is 6.71. The molecule has 9 nitrogen and oxygen atoms in total. The summed E-state index contributed by atoms with van der Waals surface area (Å²) in [5.74, 6) is 0.830. The predicted molar refractivity (Wildman–Crippen MR) is 74.5 cm³/mol. The molecule has 0 aromatic carbocycles. The highest BCUT2D eigenvalue weighted by atomic mass is 31.2. The fourth-order valence-corrected chi connectivity index (χ4v) is 4.18. The monoisotopic (exact) mass is 342 g/mol. The number of aromatic nitrogens is 2. The average Bonchev–Trinajstić information content (AvgIpc) is 2.71. The third kappa shape index (κ3) is 4.47. The van der Waals surface area contributed by atoms with E-state index in [-0.39, 0.29) is 6.42 Å². The number of hydrogen-bond donors (Lipinski definition) is 5. The first kappa shape index (κ1) is 18.5. The van der Waals surface area contributed by atoms with Crippen LogP contribution in [-0.2, 0) is 15.7 Å². The molecule has 0 saturated heterocycles. The molecule has 21 heavy (non-hydrogen) atoms. The van der Waals surface area contributed by atoms with Crippen LogP contribution in [0.3, 0.4) is 0 Å². The zero-order valence-electron chi connectivity index (χ0n) is 11.5. The molecular weight excluding hydrogens is 322 g/mol. The highest BCUT2D eigenvalue weighted by Crippen LogP contribution is 2.69. The van der Waals surface area contributed by atoms with E-state index in [0.29, 0.717) is 19.4 Å². The Hall–Kier alpha value is -0.530. The van der Waals surface area contributed by atoms with Gasteiger partial charge in [0.15, 0.2) is 0 Å². The molecular formula is C10H20N2O7P2. The molecule has 1 rings (SSSR count). The van der Waals surface area contributed by atoms with Crippen molar-refractivity contribution in [3.05, 3.63) is 18.2 Å². The van der Waals surface area contributed by atoms with Crippen molar-refractivity contribution in [1.29, 1.82) is 0 Å². The predicted octanol–water partition coefficient (Wildman–Crippen LogP) is 0.753. The third-order valence-electron chi connectivity index (χ3n) is 3.27. The number of aliphatic hydroxyl groups is 1. The largest absolute Gasteiger partial charge is 0.369 e. The molecule has 0 amide bonds. The number of aryl methyl sites for hydroxylation is 2. The normalized spacial score (nSPS) is 13.6. The molecule has 122 valence electrons. The SMILES string of the molecule is Cc1nccn1CCCCCC(O)(P(=O)(O)O)P(=O)(O)O. The number of hydrogen-bond acceptors (Lipinski definition) is 4. The summed E-state index contributed by atoms with van der Waals surface area (Å²) in [5, 5.41) is 6.37. The Kier molecular flexibility index (Phi) is 5.91. The lowest BCUT2D eigenvalue weighted by Gasteiger charge is -2.29. The highest BCUT2D eigenvalue weighted by molar-refractivity contribution is 7.72. The molecule has 0 fully saturated rings. The van der Waals surface area contributed by atoms with Crippen LogP contribution in [0.4, 0.5) is 0 Å². The van der Waals surface area contributed by atoms with Crippen LogP contribution in [0.25, 0.3) is 0 Å². The molecule has 0 saturated carbocycles. The highest BCUT2D eigenvalue weighted by Gasteiger charge is 2.58. The van der Waals surface area contributed by atoms with Crippen molar-refractivity contribution < 1.29 is 33.8 Å². The van der Waals surface area contributed by atoms with Gasteiger partial charge in [-0.25, -0.2) is 4.98 Å². The first-order chi connectivity index (χ1) is 9.49. The standard InChI is InChI=1S/C10H20N2O7P2/c1-9-11-6-8-12(9)7-4-2-3-5-10(13,20(14,15)16)21(17,18)19/h6,8,13H,2-5,7H2,1H3,(H2,14,15,16)(H2,17,18,19). The van der Waals surface area contributed by atoms with Gasteiger partial charge in [0.2, 0.25) is 0 Å². The zero-order valence-corrected chi connectivity index (χ0v) is 13.3. The molecule has 0 aliphatic carbocycles. The minimum Gasteiger partial charge on any atom is -0.368 e. The first-order valence-corrected chi connectivity index (χ1v) is 9.53. The van der Waals surface area contributed by atoms with Gasteiger partial charge in [-0.2, -0.15) is 0 Å². The zero-order chi connectivity index (χ0) is 16.3. The molecule has 0 atom stereocenters. The van der Waals surface area contributed by atoms with Crippen LogP contribution in [0.2, 0.25) is 0 Å². The Bertz CT molecular complexity index is 540. The lowest BCUT2D eigenvalue weighted by atomic mass is 10.2. The van der Waals surface area contributed by atoms with Gasteiger partial charge in [0.25, 0.3) is 5.08 Å². The van der Waals surface area contributed by atoms with Crippen LogP contribution in [0, 0.1) is 6.92 Å². The Morgan fingerprint density at radius 3 is 2.14 bits per heavy atom. The fourth-order valence-electron chi connectivity index (χ4n) is 1.92. The molecule has 1 heterocycles. The number of unbranched alkanes of at least 4 members (excludes halogenated alkanes) is 2. The summed E-state index contributed by atoms with van der Waals surface area (Å²) in [6, 6.07) is 0. The number of nitrogens with zero attached hydrogens (tertiary/aromatic N) is 2. The van der Waals surface area contributed by atoms with Crippen molar-refractivity contribution in [2.75, 3.05) is 0 Å². The summed E-state index contributed by atoms with van der Waals surface area (Å²) in [6.07, 6.45) is 3.95. The molecule has 11 heteroatoms. The van der Waals surface area contributed by atoms with Gasteiger partial charge < -0.3 is 29.2 Å². The van der Waals surface area contributed by atoms with E-state index >= 15 is 0 Å². The van der Waals surface area contributed by atoms with Gasteiger partial charge in [-0.1, -0.05) is 6.42 Å². The number of rotatable bonds is 8. The lowest BCUT2D eigenvalue weighted by Crippen LogP contribution is -2.28. The average molecular weight is 342 g/mol. The smallest absolute Gasteiger partial charge is 0.368 e. The molecule has 1 aromatic rings. The fraction of sp³-hybridized carbons (Fsp3) is 0.700. The van der Waals surface area contributed by atoms with Gasteiger partial charge in [-0.05, 0) is 26.2 Å². The Labute approximate surface area is 122 Å². The van der Waals surface area contributed by atoms with Crippen molar-refractivity contribution in [2.24, 2.45) is 0 Å². The van der Waals surface area contributed by atoms with Gasteiger partial charge in [-0.3, -0.25) is 9.13 Å². The van der Waals surface area contributed by atoms with E-state index in [1.165, 1.54) is 0 Å². The maximum atomic E-state index is 11.1. The van der Waals surface area contributed by atoms with Crippen LogP contribution >= 0.6 is 15.2 Å². The lowest BCUT2D eigenvalue weighted by molar-refractivity contribution is 0.120. The quantitative estimate of drug-likeness (QED) is 0.343. The summed E-state index contributed by atoms with van der Waals surface area (Å²) in [5.41, 5.74) is 0. The molecule has 0 radical (unpaired) electrons. The Morgan fingerprint density at radius 2 is 1.71 bits per heavy atom. The summed E-state index contributed by atoms with van der Waals surface area (Å²) in [4.78, 5) is 39.9. The van der Waals surface area contributed by atoms with E-state index in [1.807, 2.05) is 11.5 Å². The molecule has 0 unspecified atom stereocenters. The topological polar surface area (TPSA) is 153 Å². The van der Waals surface area contributed by atoms with Crippen LogP contribution in [0.1, 0.15) is 31.5 Å². The van der Waals surface area contributed by atoms with E-state index in [0.717, 1.165) is 5.82 Å². The molecule has 1 aromatic heterocycles. The summed E-state index contributed by atoms with van der Waals surface area (Å²) < 4.78 is 24.2. The maximum Gasteiger partial charge on any atom is 0.369 e. The van der Waals surface area contributed by atoms with E-state index in [9.17, 15) is 14.2 Å².